The number of benzene rings is 3. The topological polar surface area (TPSA) is 88.1 Å². The molecule has 0 fully saturated rings. The molecule has 5 aromatic rings. The fourth-order valence-corrected chi connectivity index (χ4v) is 4.29. The second-order valence-corrected chi connectivity index (χ2v) is 8.46. The van der Waals surface area contributed by atoms with Crippen LogP contribution in [0.5, 0.6) is 17.2 Å². The fraction of sp³-hybridized carbons (Fsp3) is 0.138. The summed E-state index contributed by atoms with van der Waals surface area (Å²) in [5, 5.41) is 5.94. The van der Waals surface area contributed by atoms with Gasteiger partial charge < -0.3 is 18.6 Å². The molecule has 0 radical (unpaired) electrons. The number of furan rings is 1. The zero-order valence-electron chi connectivity index (χ0n) is 20.6. The first-order valence-corrected chi connectivity index (χ1v) is 12.1. The van der Waals surface area contributed by atoms with Crippen LogP contribution in [0.15, 0.2) is 75.0 Å². The summed E-state index contributed by atoms with van der Waals surface area (Å²) in [6, 6.07) is 17.6. The Morgan fingerprint density at radius 2 is 1.95 bits per heavy atom. The number of fused-ring (bicyclic) bond motifs is 2. The highest BCUT2D eigenvalue weighted by molar-refractivity contribution is 6.32. The highest BCUT2D eigenvalue weighted by Crippen LogP contribution is 2.36. The summed E-state index contributed by atoms with van der Waals surface area (Å²) >= 11 is 6.46. The summed E-state index contributed by atoms with van der Waals surface area (Å²) in [6.07, 6.45) is 6.81. The Hall–Kier alpha value is -4.74. The van der Waals surface area contributed by atoms with Crippen LogP contribution in [-0.2, 0) is 0 Å². The van der Waals surface area contributed by atoms with Crippen LogP contribution >= 0.6 is 11.6 Å². The zero-order valence-corrected chi connectivity index (χ0v) is 21.4. The van der Waals surface area contributed by atoms with Crippen LogP contribution in [0.1, 0.15) is 12.5 Å². The van der Waals surface area contributed by atoms with Crippen LogP contribution in [0.2, 0.25) is 5.02 Å². The molecule has 3 aromatic carbocycles. The van der Waals surface area contributed by atoms with Gasteiger partial charge in [-0.3, -0.25) is 4.79 Å². The Bertz CT molecular complexity index is 1780. The Kier molecular flexibility index (Phi) is 7.03. The van der Waals surface area contributed by atoms with Crippen molar-refractivity contribution >= 4 is 39.7 Å². The van der Waals surface area contributed by atoms with Crippen LogP contribution in [0.3, 0.4) is 0 Å². The van der Waals surface area contributed by atoms with Gasteiger partial charge in [0, 0.05) is 0 Å². The first-order valence-electron chi connectivity index (χ1n) is 11.7. The smallest absolute Gasteiger partial charge is 0.282 e. The standard InChI is InChI=1S/C29H22ClN3O5/c1-4-13-37-27-21(30)14-18(15-25(27)36-5-2)17-31-33-28(32-22-10-7-6-9-19(22)29(33)34)26-16-20-23(35-3)11-8-12-24(20)38-26/h1,6-12,14-17H,5,13H2,2-3H3. The molecule has 5 rings (SSSR count). The molecule has 0 saturated heterocycles. The summed E-state index contributed by atoms with van der Waals surface area (Å²) < 4.78 is 24.0. The van der Waals surface area contributed by atoms with E-state index in [0.717, 1.165) is 5.39 Å². The lowest BCUT2D eigenvalue weighted by atomic mass is 10.2. The summed E-state index contributed by atoms with van der Waals surface area (Å²) in [5.41, 5.74) is 1.32. The van der Waals surface area contributed by atoms with Crippen LogP contribution in [0.25, 0.3) is 33.5 Å². The molecular weight excluding hydrogens is 506 g/mol. The molecule has 0 bridgehead atoms. The van der Waals surface area contributed by atoms with E-state index in [0.29, 0.717) is 56.7 Å². The van der Waals surface area contributed by atoms with Crippen molar-refractivity contribution < 1.29 is 18.6 Å². The number of ether oxygens (including phenoxy) is 3. The van der Waals surface area contributed by atoms with Crippen LogP contribution in [0.4, 0.5) is 0 Å². The largest absolute Gasteiger partial charge is 0.496 e. The number of methoxy groups -OCH3 is 1. The van der Waals surface area contributed by atoms with Crippen molar-refractivity contribution in [3.8, 4) is 41.2 Å². The van der Waals surface area contributed by atoms with Gasteiger partial charge in [-0.1, -0.05) is 35.7 Å². The van der Waals surface area contributed by atoms with E-state index in [2.05, 4.69) is 11.0 Å². The average molecular weight is 528 g/mol. The normalized spacial score (nSPS) is 11.2. The summed E-state index contributed by atoms with van der Waals surface area (Å²) in [6.45, 7) is 2.27. The van der Waals surface area contributed by atoms with E-state index in [1.54, 1.807) is 43.5 Å². The number of para-hydroxylation sites is 1. The van der Waals surface area contributed by atoms with Crippen molar-refractivity contribution in [3.05, 3.63) is 81.6 Å². The van der Waals surface area contributed by atoms with Gasteiger partial charge in [-0.25, -0.2) is 4.98 Å². The Balaban J connectivity index is 1.66. The molecule has 0 N–H and O–H groups in total. The maximum Gasteiger partial charge on any atom is 0.282 e. The fourth-order valence-electron chi connectivity index (χ4n) is 4.02. The number of hydrogen-bond acceptors (Lipinski definition) is 7. The van der Waals surface area contributed by atoms with Gasteiger partial charge in [-0.05, 0) is 55.0 Å². The molecule has 0 saturated carbocycles. The highest BCUT2D eigenvalue weighted by atomic mass is 35.5. The third-order valence-corrected chi connectivity index (χ3v) is 5.95. The number of hydrogen-bond donors (Lipinski definition) is 0. The van der Waals surface area contributed by atoms with Crippen molar-refractivity contribution in [3.63, 3.8) is 0 Å². The lowest BCUT2D eigenvalue weighted by Gasteiger charge is -2.13. The van der Waals surface area contributed by atoms with E-state index in [9.17, 15) is 4.79 Å². The average Bonchev–Trinajstić information content (AvgIpc) is 3.37. The van der Waals surface area contributed by atoms with Crippen LogP contribution in [0, 0.1) is 12.3 Å². The molecule has 8 nitrogen and oxygen atoms in total. The maximum atomic E-state index is 13.5. The molecule has 9 heteroatoms. The maximum absolute atomic E-state index is 13.5. The molecule has 0 aliphatic carbocycles. The van der Waals surface area contributed by atoms with E-state index in [1.807, 2.05) is 31.2 Å². The van der Waals surface area contributed by atoms with Gasteiger partial charge in [0.2, 0.25) is 5.82 Å². The number of aromatic nitrogens is 2. The summed E-state index contributed by atoms with van der Waals surface area (Å²) in [4.78, 5) is 18.3. The minimum atomic E-state index is -0.362. The Morgan fingerprint density at radius 3 is 2.74 bits per heavy atom. The first kappa shape index (κ1) is 24.9. The predicted octanol–water partition coefficient (Wildman–Crippen LogP) is 5.76. The van der Waals surface area contributed by atoms with E-state index < -0.39 is 0 Å². The van der Waals surface area contributed by atoms with Gasteiger partial charge in [-0.2, -0.15) is 9.78 Å². The van der Waals surface area contributed by atoms with E-state index in [1.165, 1.54) is 10.9 Å². The third kappa shape index (κ3) is 4.67. The Labute approximate surface area is 223 Å². The highest BCUT2D eigenvalue weighted by Gasteiger charge is 2.18. The molecular formula is C29H22ClN3O5. The molecule has 0 unspecified atom stereocenters. The molecule has 0 aliphatic rings. The molecule has 190 valence electrons. The molecule has 0 amide bonds. The Morgan fingerprint density at radius 1 is 1.11 bits per heavy atom. The van der Waals surface area contributed by atoms with Gasteiger partial charge >= 0.3 is 0 Å². The zero-order chi connectivity index (χ0) is 26.6. The van der Waals surface area contributed by atoms with Gasteiger partial charge in [-0.15, -0.1) is 6.42 Å². The molecule has 0 atom stereocenters. The lowest BCUT2D eigenvalue weighted by molar-refractivity contribution is 0.299. The molecule has 0 spiro atoms. The third-order valence-electron chi connectivity index (χ3n) is 5.67. The molecule has 38 heavy (non-hydrogen) atoms. The van der Waals surface area contributed by atoms with Gasteiger partial charge in [0.15, 0.2) is 17.3 Å². The number of terminal acetylenes is 1. The predicted molar refractivity (Wildman–Crippen MR) is 148 cm³/mol. The second-order valence-electron chi connectivity index (χ2n) is 8.05. The minimum Gasteiger partial charge on any atom is -0.496 e. The van der Waals surface area contributed by atoms with E-state index >= 15 is 0 Å². The molecule has 2 aromatic heterocycles. The summed E-state index contributed by atoms with van der Waals surface area (Å²) in [5.74, 6) is 4.38. The monoisotopic (exact) mass is 527 g/mol. The van der Waals surface area contributed by atoms with Crippen molar-refractivity contribution in [1.82, 2.24) is 9.66 Å². The summed E-state index contributed by atoms with van der Waals surface area (Å²) in [7, 11) is 1.58. The number of nitrogens with zero attached hydrogens (tertiary/aromatic N) is 3. The van der Waals surface area contributed by atoms with Crippen molar-refractivity contribution in [1.29, 1.82) is 0 Å². The van der Waals surface area contributed by atoms with Crippen molar-refractivity contribution in [2.45, 2.75) is 6.92 Å². The van der Waals surface area contributed by atoms with Crippen molar-refractivity contribution in [2.75, 3.05) is 20.3 Å². The van der Waals surface area contributed by atoms with Crippen LogP contribution in [-0.4, -0.2) is 36.2 Å². The number of halogens is 1. The van der Waals surface area contributed by atoms with E-state index in [-0.39, 0.29) is 18.0 Å². The first-order chi connectivity index (χ1) is 18.5. The molecule has 0 aliphatic heterocycles. The molecule has 2 heterocycles. The van der Waals surface area contributed by atoms with Crippen molar-refractivity contribution in [2.24, 2.45) is 5.10 Å². The van der Waals surface area contributed by atoms with Gasteiger partial charge in [0.1, 0.15) is 17.9 Å². The van der Waals surface area contributed by atoms with Gasteiger partial charge in [0.25, 0.3) is 5.56 Å². The second kappa shape index (κ2) is 10.7. The minimum absolute atomic E-state index is 0.0387. The lowest BCUT2D eigenvalue weighted by Crippen LogP contribution is -2.20. The van der Waals surface area contributed by atoms with Gasteiger partial charge in [0.05, 0.1) is 41.2 Å². The quantitative estimate of drug-likeness (QED) is 0.188. The SMILES string of the molecule is C#CCOc1c(Cl)cc(C=Nn2c(-c3cc4c(OC)cccc4o3)nc3ccccc3c2=O)cc1OCC. The van der Waals surface area contributed by atoms with E-state index in [4.69, 9.17) is 41.6 Å². The number of rotatable bonds is 8. The van der Waals surface area contributed by atoms with Crippen LogP contribution < -0.4 is 19.8 Å².